The van der Waals surface area contributed by atoms with Crippen molar-refractivity contribution in [2.75, 3.05) is 26.0 Å². The van der Waals surface area contributed by atoms with Crippen LogP contribution in [0.4, 0.5) is 0 Å². The van der Waals surface area contributed by atoms with E-state index in [2.05, 4.69) is 0 Å². The van der Waals surface area contributed by atoms with Gasteiger partial charge in [-0.25, -0.2) is 0 Å². The summed E-state index contributed by atoms with van der Waals surface area (Å²) in [7, 11) is -4.63. The van der Waals surface area contributed by atoms with Crippen molar-refractivity contribution in [3.63, 3.8) is 0 Å². The normalized spacial score (nSPS) is 12.6. The highest BCUT2D eigenvalue weighted by Gasteiger charge is 2.39. The zero-order chi connectivity index (χ0) is 18.1. The van der Waals surface area contributed by atoms with Gasteiger partial charge in [0, 0.05) is 25.9 Å². The van der Waals surface area contributed by atoms with Crippen LogP contribution in [-0.2, 0) is 17.8 Å². The van der Waals surface area contributed by atoms with Crippen molar-refractivity contribution in [2.24, 2.45) is 0 Å². The molecule has 0 aliphatic carbocycles. The van der Waals surface area contributed by atoms with E-state index in [1.54, 1.807) is 0 Å². The topological polar surface area (TPSA) is 67.8 Å². The molecule has 1 unspecified atom stereocenters. The molecule has 0 N–H and O–H groups in total. The van der Waals surface area contributed by atoms with Crippen LogP contribution < -0.4 is 4.89 Å². The Morgan fingerprint density at radius 3 is 1.46 bits per heavy atom. The number of rotatable bonds is 18. The fourth-order valence-corrected chi connectivity index (χ4v) is 5.99. The van der Waals surface area contributed by atoms with Gasteiger partial charge in [0.25, 0.3) is 0 Å². The highest BCUT2D eigenvalue weighted by Crippen LogP contribution is 2.21. The summed E-state index contributed by atoms with van der Waals surface area (Å²) in [4.78, 5) is 10.4. The standard InChI is InChI=1S/C17H37O5PSi/c1-4-20-24(21-5-2,22-6-3)17-15-13-11-9-7-8-10-12-14-16-23(18)19/h4-17H2,1-3H3. The lowest BCUT2D eigenvalue weighted by atomic mass is 10.1. The fourth-order valence-electron chi connectivity index (χ4n) is 2.82. The van der Waals surface area contributed by atoms with Gasteiger partial charge in [0.2, 0.25) is 0 Å². The van der Waals surface area contributed by atoms with Gasteiger partial charge in [-0.3, -0.25) is 0 Å². The van der Waals surface area contributed by atoms with Crippen LogP contribution in [-0.4, -0.2) is 34.8 Å². The number of hydrogen-bond donors (Lipinski definition) is 0. The lowest BCUT2D eigenvalue weighted by Gasteiger charge is -2.28. The smallest absolute Gasteiger partial charge is 0.500 e. The van der Waals surface area contributed by atoms with E-state index in [9.17, 15) is 9.46 Å². The second-order valence-corrected chi connectivity index (χ2v) is 9.82. The first-order valence-corrected chi connectivity index (χ1v) is 12.9. The van der Waals surface area contributed by atoms with Gasteiger partial charge in [0.15, 0.2) is 0 Å². The van der Waals surface area contributed by atoms with E-state index in [1.165, 1.54) is 32.1 Å². The molecule has 24 heavy (non-hydrogen) atoms. The van der Waals surface area contributed by atoms with Crippen LogP contribution in [0.5, 0.6) is 0 Å². The largest absolute Gasteiger partial charge is 0.596 e. The van der Waals surface area contributed by atoms with Crippen molar-refractivity contribution >= 4 is 16.8 Å². The zero-order valence-electron chi connectivity index (χ0n) is 15.9. The molecule has 0 saturated carbocycles. The van der Waals surface area contributed by atoms with Gasteiger partial charge in [-0.15, -0.1) is 0 Å². The average molecular weight is 381 g/mol. The summed E-state index contributed by atoms with van der Waals surface area (Å²) >= 11 is 0. The quantitative estimate of drug-likeness (QED) is 0.197. The highest BCUT2D eigenvalue weighted by atomic mass is 31.1. The Kier molecular flexibility index (Phi) is 16.7. The molecule has 0 aromatic rings. The van der Waals surface area contributed by atoms with E-state index in [4.69, 9.17) is 13.3 Å². The first kappa shape index (κ1) is 24.2. The fraction of sp³-hybridized carbons (Fsp3) is 1.00. The van der Waals surface area contributed by atoms with Gasteiger partial charge < -0.3 is 18.2 Å². The summed E-state index contributed by atoms with van der Waals surface area (Å²) in [6.07, 6.45) is 10.6. The molecule has 0 spiro atoms. The molecule has 7 heteroatoms. The van der Waals surface area contributed by atoms with Crippen LogP contribution in [0.25, 0.3) is 0 Å². The van der Waals surface area contributed by atoms with Gasteiger partial charge in [-0.1, -0.05) is 43.1 Å². The Labute approximate surface area is 150 Å². The van der Waals surface area contributed by atoms with Crippen LogP contribution in [0, 0.1) is 0 Å². The number of unbranched alkanes of at least 4 members (excludes halogenated alkanes) is 8. The van der Waals surface area contributed by atoms with Gasteiger partial charge in [-0.05, 0) is 40.0 Å². The number of hydrogen-bond acceptors (Lipinski definition) is 5. The Morgan fingerprint density at radius 2 is 1.08 bits per heavy atom. The third-order valence-corrected chi connectivity index (χ3v) is 7.75. The molecule has 0 bridgehead atoms. The maximum absolute atomic E-state index is 10.4. The summed E-state index contributed by atoms with van der Waals surface area (Å²) in [6.45, 7) is 7.92. The van der Waals surface area contributed by atoms with E-state index in [1.807, 2.05) is 20.8 Å². The van der Waals surface area contributed by atoms with Crippen molar-refractivity contribution in [1.29, 1.82) is 0 Å². The van der Waals surface area contributed by atoms with Crippen LogP contribution >= 0.6 is 8.03 Å². The van der Waals surface area contributed by atoms with Gasteiger partial charge in [-0.2, -0.15) is 0 Å². The van der Waals surface area contributed by atoms with Gasteiger partial charge >= 0.3 is 16.8 Å². The summed E-state index contributed by atoms with van der Waals surface area (Å²) in [5, 5.41) is 0. The van der Waals surface area contributed by atoms with Crippen molar-refractivity contribution in [3.8, 4) is 0 Å². The average Bonchev–Trinajstić information content (AvgIpc) is 2.53. The van der Waals surface area contributed by atoms with Crippen molar-refractivity contribution < 1.29 is 22.7 Å². The van der Waals surface area contributed by atoms with E-state index in [-0.39, 0.29) is 0 Å². The predicted octanol–water partition coefficient (Wildman–Crippen LogP) is 4.65. The lowest BCUT2D eigenvalue weighted by Crippen LogP contribution is -2.45. The third-order valence-electron chi connectivity index (χ3n) is 3.92. The minimum absolute atomic E-state index is 0.348. The molecule has 0 radical (unpaired) electrons. The van der Waals surface area contributed by atoms with Crippen molar-refractivity contribution in [3.05, 3.63) is 0 Å². The van der Waals surface area contributed by atoms with Crippen molar-refractivity contribution in [1.82, 2.24) is 0 Å². The van der Waals surface area contributed by atoms with Gasteiger partial charge in [0.1, 0.15) is 6.16 Å². The monoisotopic (exact) mass is 380 g/mol. The van der Waals surface area contributed by atoms with Crippen LogP contribution in [0.2, 0.25) is 6.04 Å². The second-order valence-electron chi connectivity index (χ2n) is 5.97. The SMILES string of the molecule is CCO[Si](CCCCCCCCCCC[P+](=O)[O-])(OCC)OCC. The summed E-state index contributed by atoms with van der Waals surface area (Å²) in [5.74, 6) is 0. The molecule has 0 fully saturated rings. The Balaban J connectivity index is 3.65. The van der Waals surface area contributed by atoms with E-state index < -0.39 is 16.8 Å². The minimum Gasteiger partial charge on any atom is -0.596 e. The molecule has 144 valence electrons. The van der Waals surface area contributed by atoms with Crippen LogP contribution in [0.1, 0.15) is 78.6 Å². The highest BCUT2D eigenvalue weighted by molar-refractivity contribution is 7.36. The first-order chi connectivity index (χ1) is 11.6. The lowest BCUT2D eigenvalue weighted by molar-refractivity contribution is -0.164. The Hall–Kier alpha value is 0.157. The third kappa shape index (κ3) is 13.4. The molecule has 0 aliphatic heterocycles. The van der Waals surface area contributed by atoms with Gasteiger partial charge in [0.05, 0.1) is 0 Å². The Morgan fingerprint density at radius 1 is 0.708 bits per heavy atom. The predicted molar refractivity (Wildman–Crippen MR) is 99.5 cm³/mol. The zero-order valence-corrected chi connectivity index (χ0v) is 17.8. The van der Waals surface area contributed by atoms with Crippen molar-refractivity contribution in [2.45, 2.75) is 84.6 Å². The maximum atomic E-state index is 10.4. The molecule has 0 aromatic carbocycles. The van der Waals surface area contributed by atoms with Crippen LogP contribution in [0.15, 0.2) is 0 Å². The molecular formula is C17H37O5PSi. The maximum Gasteiger partial charge on any atom is 0.500 e. The minimum atomic E-state index is -2.44. The molecular weight excluding hydrogens is 343 g/mol. The first-order valence-electron chi connectivity index (χ1n) is 9.63. The molecule has 0 saturated heterocycles. The van der Waals surface area contributed by atoms with E-state index in [0.717, 1.165) is 31.7 Å². The molecule has 5 nitrogen and oxygen atoms in total. The summed E-state index contributed by atoms with van der Waals surface area (Å²) in [5.41, 5.74) is 0. The second kappa shape index (κ2) is 16.6. The van der Waals surface area contributed by atoms with E-state index >= 15 is 0 Å². The van der Waals surface area contributed by atoms with Crippen LogP contribution in [0.3, 0.4) is 0 Å². The molecule has 0 heterocycles. The van der Waals surface area contributed by atoms with E-state index in [0.29, 0.717) is 26.0 Å². The Bertz CT molecular complexity index is 288. The summed E-state index contributed by atoms with van der Waals surface area (Å²) < 4.78 is 28.0. The molecule has 0 amide bonds. The summed E-state index contributed by atoms with van der Waals surface area (Å²) in [6, 6.07) is 0.913. The molecule has 0 rings (SSSR count). The molecule has 0 aliphatic rings. The molecule has 1 atom stereocenters. The molecule has 0 aromatic heterocycles.